The lowest BCUT2D eigenvalue weighted by atomic mass is 10.1. The summed E-state index contributed by atoms with van der Waals surface area (Å²) in [4.78, 5) is 0. The van der Waals surface area contributed by atoms with Crippen LogP contribution in [0.2, 0.25) is 0 Å². The highest BCUT2D eigenvalue weighted by molar-refractivity contribution is 5.27. The largest absolute Gasteiger partial charge is 0.497 e. The van der Waals surface area contributed by atoms with Gasteiger partial charge in [0.25, 0.3) is 0 Å². The molecule has 0 radical (unpaired) electrons. The van der Waals surface area contributed by atoms with Crippen molar-refractivity contribution in [3.63, 3.8) is 0 Å². The first-order valence-corrected chi connectivity index (χ1v) is 7.46. The van der Waals surface area contributed by atoms with Gasteiger partial charge in [-0.1, -0.05) is 19.1 Å². The molecule has 1 N–H and O–H groups in total. The van der Waals surface area contributed by atoms with Crippen LogP contribution >= 0.6 is 0 Å². The monoisotopic (exact) mass is 289 g/mol. The average molecular weight is 289 g/mol. The minimum absolute atomic E-state index is 0.712. The summed E-state index contributed by atoms with van der Waals surface area (Å²) >= 11 is 0. The molecular formula is C16H23N3O2. The Kier molecular flexibility index (Phi) is 6.22. The number of aromatic nitrogens is 2. The molecule has 0 spiro atoms. The number of nitrogens with one attached hydrogen (secondary N) is 1. The molecule has 0 aliphatic heterocycles. The van der Waals surface area contributed by atoms with Crippen LogP contribution in [0.5, 0.6) is 5.75 Å². The molecule has 1 aromatic heterocycles. The van der Waals surface area contributed by atoms with Gasteiger partial charge in [0.15, 0.2) is 0 Å². The summed E-state index contributed by atoms with van der Waals surface area (Å²) in [6.45, 7) is 4.08. The third-order valence-corrected chi connectivity index (χ3v) is 3.29. The van der Waals surface area contributed by atoms with Gasteiger partial charge < -0.3 is 14.5 Å². The van der Waals surface area contributed by atoms with Crippen LogP contribution in [0.3, 0.4) is 0 Å². The molecule has 0 unspecified atom stereocenters. The number of ether oxygens (including phenoxy) is 1. The van der Waals surface area contributed by atoms with Crippen molar-refractivity contribution in [2.45, 2.75) is 32.6 Å². The lowest BCUT2D eigenvalue weighted by Gasteiger charge is -2.01. The Balaban J connectivity index is 1.76. The molecule has 0 atom stereocenters. The van der Waals surface area contributed by atoms with Crippen LogP contribution in [0, 0.1) is 0 Å². The summed E-state index contributed by atoms with van der Waals surface area (Å²) in [7, 11) is 1.67. The van der Waals surface area contributed by atoms with Crippen LogP contribution in [-0.2, 0) is 19.3 Å². The summed E-state index contributed by atoms with van der Waals surface area (Å²) in [5, 5.41) is 11.5. The molecule has 5 heteroatoms. The third-order valence-electron chi connectivity index (χ3n) is 3.29. The number of benzene rings is 1. The van der Waals surface area contributed by atoms with Gasteiger partial charge >= 0.3 is 0 Å². The first-order chi connectivity index (χ1) is 10.3. The maximum Gasteiger partial charge on any atom is 0.216 e. The van der Waals surface area contributed by atoms with Gasteiger partial charge in [-0.15, -0.1) is 10.2 Å². The fourth-order valence-electron chi connectivity index (χ4n) is 2.08. The van der Waals surface area contributed by atoms with Crippen LogP contribution in [-0.4, -0.2) is 30.4 Å². The number of aryl methyl sites for hydroxylation is 3. The van der Waals surface area contributed by atoms with E-state index >= 15 is 0 Å². The van der Waals surface area contributed by atoms with Gasteiger partial charge in [-0.3, -0.25) is 0 Å². The molecule has 0 amide bonds. The summed E-state index contributed by atoms with van der Waals surface area (Å²) in [6, 6.07) is 8.06. The van der Waals surface area contributed by atoms with Crippen LogP contribution in [0.25, 0.3) is 0 Å². The predicted molar refractivity (Wildman–Crippen MR) is 81.6 cm³/mol. The molecule has 0 bridgehead atoms. The molecule has 114 valence electrons. The molecule has 2 rings (SSSR count). The number of nitrogens with zero attached hydrogens (tertiary/aromatic N) is 2. The van der Waals surface area contributed by atoms with Gasteiger partial charge in [-0.25, -0.2) is 0 Å². The average Bonchev–Trinajstić information content (AvgIpc) is 2.98. The van der Waals surface area contributed by atoms with E-state index in [0.29, 0.717) is 5.89 Å². The van der Waals surface area contributed by atoms with Crippen LogP contribution in [0.15, 0.2) is 28.7 Å². The number of hydrogen-bond donors (Lipinski definition) is 1. The molecule has 21 heavy (non-hydrogen) atoms. The maximum atomic E-state index is 5.66. The van der Waals surface area contributed by atoms with Gasteiger partial charge in [0.2, 0.25) is 11.8 Å². The fraction of sp³-hybridized carbons (Fsp3) is 0.500. The van der Waals surface area contributed by atoms with E-state index in [2.05, 4.69) is 34.6 Å². The molecule has 2 aromatic rings. The second kappa shape index (κ2) is 8.42. The van der Waals surface area contributed by atoms with Crippen LogP contribution in [0.1, 0.15) is 30.7 Å². The van der Waals surface area contributed by atoms with Crippen molar-refractivity contribution < 1.29 is 9.15 Å². The Bertz CT molecular complexity index is 523. The molecule has 1 heterocycles. The number of methoxy groups -OCH3 is 1. The van der Waals surface area contributed by atoms with Crippen molar-refractivity contribution in [2.75, 3.05) is 20.2 Å². The molecule has 0 fully saturated rings. The Morgan fingerprint density at radius 3 is 2.43 bits per heavy atom. The summed E-state index contributed by atoms with van der Waals surface area (Å²) in [5.41, 5.74) is 1.24. The summed E-state index contributed by atoms with van der Waals surface area (Å²) < 4.78 is 10.8. The summed E-state index contributed by atoms with van der Waals surface area (Å²) in [5.74, 6) is 2.32. The topological polar surface area (TPSA) is 60.2 Å². The normalized spacial score (nSPS) is 10.8. The van der Waals surface area contributed by atoms with E-state index in [9.17, 15) is 0 Å². The van der Waals surface area contributed by atoms with Crippen molar-refractivity contribution in [3.8, 4) is 5.75 Å². The van der Waals surface area contributed by atoms with Crippen molar-refractivity contribution in [2.24, 2.45) is 0 Å². The van der Waals surface area contributed by atoms with E-state index < -0.39 is 0 Å². The van der Waals surface area contributed by atoms with Gasteiger partial charge in [0.1, 0.15) is 5.75 Å². The second-order valence-electron chi connectivity index (χ2n) is 4.89. The zero-order valence-corrected chi connectivity index (χ0v) is 12.8. The Labute approximate surface area is 125 Å². The van der Waals surface area contributed by atoms with Crippen molar-refractivity contribution in [1.29, 1.82) is 0 Å². The van der Waals surface area contributed by atoms with Crippen molar-refractivity contribution in [1.82, 2.24) is 15.5 Å². The van der Waals surface area contributed by atoms with Gasteiger partial charge in [-0.05, 0) is 43.6 Å². The molecule has 0 saturated heterocycles. The minimum Gasteiger partial charge on any atom is -0.497 e. The van der Waals surface area contributed by atoms with E-state index in [0.717, 1.165) is 50.4 Å². The molecule has 0 aliphatic rings. The van der Waals surface area contributed by atoms with E-state index in [1.807, 2.05) is 12.1 Å². The fourth-order valence-corrected chi connectivity index (χ4v) is 2.08. The SMILES string of the molecule is CCNCCCc1nnc(CCc2ccc(OC)cc2)o1. The molecular weight excluding hydrogens is 266 g/mol. The highest BCUT2D eigenvalue weighted by Crippen LogP contribution is 2.13. The summed E-state index contributed by atoms with van der Waals surface area (Å²) in [6.07, 6.45) is 3.52. The Morgan fingerprint density at radius 2 is 1.76 bits per heavy atom. The van der Waals surface area contributed by atoms with E-state index in [1.165, 1.54) is 5.56 Å². The van der Waals surface area contributed by atoms with Gasteiger partial charge in [0, 0.05) is 12.8 Å². The van der Waals surface area contributed by atoms with Gasteiger partial charge in [0.05, 0.1) is 7.11 Å². The zero-order valence-electron chi connectivity index (χ0n) is 12.8. The quantitative estimate of drug-likeness (QED) is 0.718. The second-order valence-corrected chi connectivity index (χ2v) is 4.89. The maximum absolute atomic E-state index is 5.66. The molecule has 1 aromatic carbocycles. The van der Waals surface area contributed by atoms with Crippen LogP contribution < -0.4 is 10.1 Å². The molecule has 0 aliphatic carbocycles. The van der Waals surface area contributed by atoms with E-state index in [-0.39, 0.29) is 0 Å². The molecule has 5 nitrogen and oxygen atoms in total. The minimum atomic E-state index is 0.712. The third kappa shape index (κ3) is 5.19. The van der Waals surface area contributed by atoms with Crippen LogP contribution in [0.4, 0.5) is 0 Å². The van der Waals surface area contributed by atoms with Crippen molar-refractivity contribution >= 4 is 0 Å². The smallest absolute Gasteiger partial charge is 0.216 e. The standard InChI is InChI=1S/C16H23N3O2/c1-3-17-12-4-5-15-18-19-16(21-15)11-8-13-6-9-14(20-2)10-7-13/h6-7,9-10,17H,3-5,8,11-12H2,1-2H3. The Hall–Kier alpha value is -1.88. The first-order valence-electron chi connectivity index (χ1n) is 7.46. The van der Waals surface area contributed by atoms with Gasteiger partial charge in [-0.2, -0.15) is 0 Å². The number of rotatable bonds is 9. The molecule has 0 saturated carbocycles. The predicted octanol–water partition coefficient (Wildman–Crippen LogP) is 2.41. The first kappa shape index (κ1) is 15.5. The lowest BCUT2D eigenvalue weighted by Crippen LogP contribution is -2.14. The van der Waals surface area contributed by atoms with E-state index in [4.69, 9.17) is 9.15 Å². The number of hydrogen-bond acceptors (Lipinski definition) is 5. The lowest BCUT2D eigenvalue weighted by molar-refractivity contribution is 0.414. The highest BCUT2D eigenvalue weighted by atomic mass is 16.5. The highest BCUT2D eigenvalue weighted by Gasteiger charge is 2.06. The van der Waals surface area contributed by atoms with E-state index in [1.54, 1.807) is 7.11 Å². The zero-order chi connectivity index (χ0) is 14.9. The van der Waals surface area contributed by atoms with Crippen molar-refractivity contribution in [3.05, 3.63) is 41.6 Å². The Morgan fingerprint density at radius 1 is 1.05 bits per heavy atom.